The number of rotatable bonds is 3. The summed E-state index contributed by atoms with van der Waals surface area (Å²) in [5.74, 6) is -0.442. The first-order valence-corrected chi connectivity index (χ1v) is 3.27. The molecule has 0 saturated heterocycles. The second-order valence-corrected chi connectivity index (χ2v) is 1.89. The quantitative estimate of drug-likeness (QED) is 0.443. The zero-order valence-electron chi connectivity index (χ0n) is 5.22. The van der Waals surface area contributed by atoms with Gasteiger partial charge in [0.15, 0.2) is 0 Å². The van der Waals surface area contributed by atoms with E-state index in [-0.39, 0.29) is 11.8 Å². The van der Waals surface area contributed by atoms with E-state index in [0.29, 0.717) is 6.42 Å². The van der Waals surface area contributed by atoms with Crippen LogP contribution in [0.2, 0.25) is 0 Å². The lowest BCUT2D eigenvalue weighted by atomic mass is 10.4. The molecule has 1 atom stereocenters. The monoisotopic (exact) mass is 151 g/mol. The normalized spacial score (nSPS) is 12.8. The smallest absolute Gasteiger partial charge is 0.236 e. The fraction of sp³-hybridized carbons (Fsp3) is 0.800. The highest BCUT2D eigenvalue weighted by molar-refractivity contribution is 6.27. The molecule has 0 aromatic rings. The van der Waals surface area contributed by atoms with Crippen LogP contribution in [0, 0.1) is 0 Å². The maximum Gasteiger partial charge on any atom is 0.236 e. The van der Waals surface area contributed by atoms with Crippen molar-refractivity contribution >= 4 is 17.5 Å². The molecule has 0 aliphatic carbocycles. The van der Waals surface area contributed by atoms with Crippen molar-refractivity contribution in [3.63, 3.8) is 0 Å². The molecule has 0 saturated carbocycles. The highest BCUT2D eigenvalue weighted by Gasteiger charge is 2.02. The number of carbonyl (C=O) groups is 1. The largest absolute Gasteiger partial charge is 0.374 e. The minimum absolute atomic E-state index is 0.100. The van der Waals surface area contributed by atoms with E-state index < -0.39 is 6.23 Å². The van der Waals surface area contributed by atoms with Gasteiger partial charge in [-0.05, 0) is 6.42 Å². The van der Waals surface area contributed by atoms with Gasteiger partial charge in [0.05, 0.1) is 0 Å². The number of halogens is 1. The van der Waals surface area contributed by atoms with Gasteiger partial charge >= 0.3 is 0 Å². The molecule has 0 aliphatic rings. The van der Waals surface area contributed by atoms with Crippen LogP contribution in [-0.4, -0.2) is 23.1 Å². The molecule has 0 aromatic heterocycles. The summed E-state index contributed by atoms with van der Waals surface area (Å²) in [6.07, 6.45) is -0.251. The van der Waals surface area contributed by atoms with Crippen LogP contribution in [-0.2, 0) is 4.79 Å². The molecular weight excluding hydrogens is 142 g/mol. The highest BCUT2D eigenvalue weighted by atomic mass is 35.5. The second-order valence-electron chi connectivity index (χ2n) is 1.63. The molecule has 1 amide bonds. The Kier molecular flexibility index (Phi) is 4.44. The molecule has 4 heteroatoms. The first-order chi connectivity index (χ1) is 4.20. The predicted octanol–water partition coefficient (Wildman–Crippen LogP) is 0.0698. The third-order valence-corrected chi connectivity index (χ3v) is 1.08. The van der Waals surface area contributed by atoms with E-state index in [1.807, 2.05) is 0 Å². The summed E-state index contributed by atoms with van der Waals surface area (Å²) in [6, 6.07) is 0. The third kappa shape index (κ3) is 4.24. The topological polar surface area (TPSA) is 49.3 Å². The molecule has 3 nitrogen and oxygen atoms in total. The number of alkyl halides is 1. The first kappa shape index (κ1) is 8.72. The van der Waals surface area contributed by atoms with Gasteiger partial charge in [0.1, 0.15) is 12.1 Å². The van der Waals surface area contributed by atoms with E-state index in [2.05, 4.69) is 5.32 Å². The standard InChI is InChI=1S/C5H10ClNO2/c1-2-4(8)7-5(9)3-6/h4,8H,2-3H2,1H3,(H,7,9). The van der Waals surface area contributed by atoms with Crippen molar-refractivity contribution < 1.29 is 9.90 Å². The lowest BCUT2D eigenvalue weighted by Gasteiger charge is -2.07. The Morgan fingerprint density at radius 1 is 1.89 bits per heavy atom. The van der Waals surface area contributed by atoms with Crippen LogP contribution in [0.1, 0.15) is 13.3 Å². The SMILES string of the molecule is CCC(O)NC(=O)CCl. The number of amides is 1. The van der Waals surface area contributed by atoms with Crippen molar-refractivity contribution in [3.05, 3.63) is 0 Å². The average Bonchev–Trinajstić information content (AvgIpc) is 1.87. The molecule has 0 aliphatic heterocycles. The number of hydrogen-bond acceptors (Lipinski definition) is 2. The molecule has 0 rings (SSSR count). The maximum absolute atomic E-state index is 10.4. The van der Waals surface area contributed by atoms with E-state index in [4.69, 9.17) is 16.7 Å². The summed E-state index contributed by atoms with van der Waals surface area (Å²) in [4.78, 5) is 10.4. The van der Waals surface area contributed by atoms with Crippen molar-refractivity contribution in [1.29, 1.82) is 0 Å². The molecule has 54 valence electrons. The molecule has 2 N–H and O–H groups in total. The summed E-state index contributed by atoms with van der Waals surface area (Å²) in [5.41, 5.74) is 0. The Morgan fingerprint density at radius 2 is 2.44 bits per heavy atom. The number of nitrogens with one attached hydrogen (secondary N) is 1. The Morgan fingerprint density at radius 3 is 2.78 bits per heavy atom. The van der Waals surface area contributed by atoms with Crippen molar-refractivity contribution in [1.82, 2.24) is 5.32 Å². The molecule has 9 heavy (non-hydrogen) atoms. The first-order valence-electron chi connectivity index (χ1n) is 2.74. The second kappa shape index (κ2) is 4.58. The van der Waals surface area contributed by atoms with Crippen LogP contribution in [0.3, 0.4) is 0 Å². The van der Waals surface area contributed by atoms with Gasteiger partial charge in [-0.25, -0.2) is 0 Å². The third-order valence-electron chi connectivity index (χ3n) is 0.836. The molecule has 0 heterocycles. The number of carbonyl (C=O) groups excluding carboxylic acids is 1. The molecule has 1 unspecified atom stereocenters. The predicted molar refractivity (Wildman–Crippen MR) is 35.2 cm³/mol. The van der Waals surface area contributed by atoms with Crippen molar-refractivity contribution in [2.75, 3.05) is 5.88 Å². The Hall–Kier alpha value is -0.280. The molecule has 0 aromatic carbocycles. The van der Waals surface area contributed by atoms with E-state index in [1.165, 1.54) is 0 Å². The summed E-state index contributed by atoms with van der Waals surface area (Å²) >= 11 is 5.13. The Labute approximate surface area is 59.0 Å². The van der Waals surface area contributed by atoms with E-state index in [1.54, 1.807) is 6.92 Å². The van der Waals surface area contributed by atoms with Gasteiger partial charge in [0.2, 0.25) is 5.91 Å². The highest BCUT2D eigenvalue weighted by Crippen LogP contribution is 1.84. The van der Waals surface area contributed by atoms with Crippen LogP contribution in [0.25, 0.3) is 0 Å². The zero-order valence-corrected chi connectivity index (χ0v) is 5.98. The van der Waals surface area contributed by atoms with Gasteiger partial charge in [-0.1, -0.05) is 6.92 Å². The van der Waals surface area contributed by atoms with Gasteiger partial charge < -0.3 is 10.4 Å². The summed E-state index contributed by atoms with van der Waals surface area (Å²) in [7, 11) is 0. The van der Waals surface area contributed by atoms with Crippen LogP contribution >= 0.6 is 11.6 Å². The number of aliphatic hydroxyl groups excluding tert-OH is 1. The summed E-state index contributed by atoms with van der Waals surface area (Å²) in [6.45, 7) is 1.76. The van der Waals surface area contributed by atoms with Gasteiger partial charge in [0, 0.05) is 0 Å². The molecule has 0 spiro atoms. The van der Waals surface area contributed by atoms with Gasteiger partial charge in [-0.15, -0.1) is 11.6 Å². The van der Waals surface area contributed by atoms with Gasteiger partial charge in [-0.2, -0.15) is 0 Å². The van der Waals surface area contributed by atoms with Crippen LogP contribution < -0.4 is 5.32 Å². The molecule has 0 radical (unpaired) electrons. The maximum atomic E-state index is 10.4. The fourth-order valence-electron chi connectivity index (χ4n) is 0.326. The number of hydrogen-bond donors (Lipinski definition) is 2. The minimum Gasteiger partial charge on any atom is -0.374 e. The van der Waals surface area contributed by atoms with E-state index >= 15 is 0 Å². The van der Waals surface area contributed by atoms with Crippen LogP contribution in [0.4, 0.5) is 0 Å². The van der Waals surface area contributed by atoms with Crippen molar-refractivity contribution in [3.8, 4) is 0 Å². The Bertz CT molecular complexity index is 97.0. The average molecular weight is 152 g/mol. The van der Waals surface area contributed by atoms with E-state index in [9.17, 15) is 4.79 Å². The summed E-state index contributed by atoms with van der Waals surface area (Å²) in [5, 5.41) is 11.0. The van der Waals surface area contributed by atoms with Gasteiger partial charge in [-0.3, -0.25) is 4.79 Å². The molecule has 0 fully saturated rings. The minimum atomic E-state index is -0.753. The lowest BCUT2D eigenvalue weighted by molar-refractivity contribution is -0.121. The fourth-order valence-corrected chi connectivity index (χ4v) is 0.404. The van der Waals surface area contributed by atoms with Crippen molar-refractivity contribution in [2.45, 2.75) is 19.6 Å². The molecule has 0 bridgehead atoms. The van der Waals surface area contributed by atoms with E-state index in [0.717, 1.165) is 0 Å². The van der Waals surface area contributed by atoms with Crippen LogP contribution in [0.15, 0.2) is 0 Å². The lowest BCUT2D eigenvalue weighted by Crippen LogP contribution is -2.34. The Balaban J connectivity index is 3.34. The van der Waals surface area contributed by atoms with Gasteiger partial charge in [0.25, 0.3) is 0 Å². The van der Waals surface area contributed by atoms with Crippen molar-refractivity contribution in [2.24, 2.45) is 0 Å². The zero-order chi connectivity index (χ0) is 7.28. The summed E-state index contributed by atoms with van der Waals surface area (Å²) < 4.78 is 0. The van der Waals surface area contributed by atoms with Crippen LogP contribution in [0.5, 0.6) is 0 Å². The number of aliphatic hydroxyl groups is 1. The molecular formula is C5H10ClNO2.